The molecule has 0 aliphatic rings. The fraction of sp³-hybridized carbons (Fsp3) is 0.400. The molecule has 1 rings (SSSR count). The Balaban J connectivity index is 2.36. The largest absolute Gasteiger partial charge is 0.455 e. The summed E-state index contributed by atoms with van der Waals surface area (Å²) in [7, 11) is -3.89. The van der Waals surface area contributed by atoms with Crippen LogP contribution in [0.2, 0.25) is 0 Å². The van der Waals surface area contributed by atoms with E-state index in [4.69, 9.17) is 0 Å². The van der Waals surface area contributed by atoms with Crippen molar-refractivity contribution in [2.45, 2.75) is 24.7 Å². The third-order valence-corrected chi connectivity index (χ3v) is 4.84. The van der Waals surface area contributed by atoms with Gasteiger partial charge in [0, 0.05) is 11.0 Å². The molecule has 26 heavy (non-hydrogen) atoms. The van der Waals surface area contributed by atoms with Crippen LogP contribution in [0.25, 0.3) is 0 Å². The summed E-state index contributed by atoms with van der Waals surface area (Å²) in [5, 5.41) is 4.45. The Morgan fingerprint density at radius 3 is 2.62 bits per heavy atom. The Morgan fingerprint density at radius 2 is 1.96 bits per heavy atom. The van der Waals surface area contributed by atoms with E-state index in [9.17, 15) is 22.8 Å². The van der Waals surface area contributed by atoms with E-state index in [2.05, 4.69) is 30.7 Å². The Labute approximate surface area is 160 Å². The van der Waals surface area contributed by atoms with Gasteiger partial charge in [-0.2, -0.15) is 4.72 Å². The Morgan fingerprint density at radius 1 is 1.23 bits per heavy atom. The lowest BCUT2D eigenvalue weighted by molar-refractivity contribution is -0.147. The summed E-state index contributed by atoms with van der Waals surface area (Å²) >= 11 is 3.15. The number of ether oxygens (including phenoxy) is 1. The molecule has 0 atom stereocenters. The predicted molar refractivity (Wildman–Crippen MR) is 96.7 cm³/mol. The molecule has 0 aliphatic heterocycles. The van der Waals surface area contributed by atoms with E-state index in [1.54, 1.807) is 6.07 Å². The molecular formula is C15H20BrN3O6S. The monoisotopic (exact) mass is 449 g/mol. The van der Waals surface area contributed by atoms with Crippen LogP contribution in [0.4, 0.5) is 4.79 Å². The SMILES string of the molecule is CCCCNC(=O)NC(=O)COC(=O)CNS(=O)(=O)c1cccc(Br)c1. The number of urea groups is 1. The molecule has 0 fully saturated rings. The average molecular weight is 450 g/mol. The van der Waals surface area contributed by atoms with Crippen molar-refractivity contribution in [3.05, 3.63) is 28.7 Å². The highest BCUT2D eigenvalue weighted by Crippen LogP contribution is 2.15. The summed E-state index contributed by atoms with van der Waals surface area (Å²) in [6, 6.07) is 5.24. The molecule has 0 saturated heterocycles. The summed E-state index contributed by atoms with van der Waals surface area (Å²) in [5.74, 6) is -1.77. The highest BCUT2D eigenvalue weighted by atomic mass is 79.9. The predicted octanol–water partition coefficient (Wildman–Crippen LogP) is 0.897. The zero-order valence-corrected chi connectivity index (χ0v) is 16.5. The van der Waals surface area contributed by atoms with E-state index in [0.717, 1.165) is 12.8 Å². The number of carbonyl (C=O) groups excluding carboxylic acids is 3. The average Bonchev–Trinajstić information content (AvgIpc) is 2.58. The van der Waals surface area contributed by atoms with Crippen molar-refractivity contribution >= 4 is 43.9 Å². The summed E-state index contributed by atoms with van der Waals surface area (Å²) in [6.45, 7) is 1.03. The molecule has 1 aromatic carbocycles. The Kier molecular flexibility index (Phi) is 9.24. The first-order valence-corrected chi connectivity index (χ1v) is 10.0. The van der Waals surface area contributed by atoms with Gasteiger partial charge in [-0.3, -0.25) is 14.9 Å². The molecule has 11 heteroatoms. The van der Waals surface area contributed by atoms with Crippen molar-refractivity contribution in [2.24, 2.45) is 0 Å². The number of nitrogens with one attached hydrogen (secondary N) is 3. The number of imide groups is 1. The normalized spacial score (nSPS) is 10.8. The minimum atomic E-state index is -3.89. The maximum Gasteiger partial charge on any atom is 0.321 e. The minimum absolute atomic E-state index is 0.0267. The molecule has 0 aliphatic carbocycles. The molecule has 0 unspecified atom stereocenters. The van der Waals surface area contributed by atoms with Crippen LogP contribution in [-0.4, -0.2) is 46.0 Å². The highest BCUT2D eigenvalue weighted by molar-refractivity contribution is 9.10. The first kappa shape index (κ1) is 22.1. The van der Waals surface area contributed by atoms with E-state index in [-0.39, 0.29) is 4.90 Å². The van der Waals surface area contributed by atoms with Crippen molar-refractivity contribution in [1.29, 1.82) is 0 Å². The van der Waals surface area contributed by atoms with E-state index >= 15 is 0 Å². The molecule has 0 heterocycles. The molecule has 0 saturated carbocycles. The number of hydrogen-bond acceptors (Lipinski definition) is 6. The molecule has 144 valence electrons. The Hall–Kier alpha value is -1.98. The molecule has 3 N–H and O–H groups in total. The standard InChI is InChI=1S/C15H20BrN3O6S/c1-2-3-7-17-15(22)19-13(20)10-25-14(21)9-18-26(23,24)12-6-4-5-11(16)8-12/h4-6,8,18H,2-3,7,9-10H2,1H3,(H2,17,19,20,22). The fourth-order valence-corrected chi connectivity index (χ4v) is 3.22. The third-order valence-electron chi connectivity index (χ3n) is 2.95. The van der Waals surface area contributed by atoms with E-state index < -0.39 is 41.1 Å². The lowest BCUT2D eigenvalue weighted by atomic mass is 10.3. The fourth-order valence-electron chi connectivity index (χ4n) is 1.65. The van der Waals surface area contributed by atoms with E-state index in [0.29, 0.717) is 11.0 Å². The van der Waals surface area contributed by atoms with Crippen LogP contribution in [-0.2, 0) is 24.3 Å². The molecule has 0 aromatic heterocycles. The Bertz CT molecular complexity index is 754. The van der Waals surface area contributed by atoms with Crippen LogP contribution in [0, 0.1) is 0 Å². The van der Waals surface area contributed by atoms with Crippen molar-refractivity contribution < 1.29 is 27.5 Å². The quantitative estimate of drug-likeness (QED) is 0.379. The zero-order valence-electron chi connectivity index (χ0n) is 14.1. The van der Waals surface area contributed by atoms with Crippen LogP contribution in [0.3, 0.4) is 0 Å². The van der Waals surface area contributed by atoms with Crippen LogP contribution in [0.1, 0.15) is 19.8 Å². The van der Waals surface area contributed by atoms with Crippen molar-refractivity contribution in [3.8, 4) is 0 Å². The second kappa shape index (κ2) is 10.9. The van der Waals surface area contributed by atoms with Crippen LogP contribution < -0.4 is 15.4 Å². The van der Waals surface area contributed by atoms with Gasteiger partial charge in [0.05, 0.1) is 4.90 Å². The van der Waals surface area contributed by atoms with Crippen molar-refractivity contribution in [1.82, 2.24) is 15.4 Å². The van der Waals surface area contributed by atoms with Gasteiger partial charge in [-0.1, -0.05) is 35.3 Å². The number of hydrogen-bond donors (Lipinski definition) is 3. The number of carbonyl (C=O) groups is 3. The van der Waals surface area contributed by atoms with Crippen LogP contribution >= 0.6 is 15.9 Å². The number of halogens is 1. The highest BCUT2D eigenvalue weighted by Gasteiger charge is 2.17. The van der Waals surface area contributed by atoms with Crippen LogP contribution in [0.15, 0.2) is 33.6 Å². The summed E-state index contributed by atoms with van der Waals surface area (Å²) in [4.78, 5) is 34.3. The number of sulfonamides is 1. The number of esters is 1. The van der Waals surface area contributed by atoms with Gasteiger partial charge in [-0.05, 0) is 24.6 Å². The minimum Gasteiger partial charge on any atom is -0.455 e. The number of unbranched alkanes of at least 4 members (excludes halogenated alkanes) is 1. The summed E-state index contributed by atoms with van der Waals surface area (Å²) in [5.41, 5.74) is 0. The molecule has 1 aromatic rings. The maximum absolute atomic E-state index is 12.0. The topological polar surface area (TPSA) is 131 Å². The third kappa shape index (κ3) is 8.41. The molecule has 0 radical (unpaired) electrons. The second-order valence-corrected chi connectivity index (χ2v) is 7.78. The molecule has 0 spiro atoms. The first-order chi connectivity index (χ1) is 12.2. The van der Waals surface area contributed by atoms with Crippen molar-refractivity contribution in [3.63, 3.8) is 0 Å². The lowest BCUT2D eigenvalue weighted by Crippen LogP contribution is -2.42. The number of benzene rings is 1. The van der Waals surface area contributed by atoms with Gasteiger partial charge in [-0.25, -0.2) is 13.2 Å². The van der Waals surface area contributed by atoms with Gasteiger partial charge in [0.15, 0.2) is 6.61 Å². The smallest absolute Gasteiger partial charge is 0.321 e. The maximum atomic E-state index is 12.0. The van der Waals surface area contributed by atoms with E-state index in [1.165, 1.54) is 18.2 Å². The zero-order chi connectivity index (χ0) is 19.6. The number of amides is 3. The van der Waals surface area contributed by atoms with Gasteiger partial charge >= 0.3 is 12.0 Å². The molecular weight excluding hydrogens is 430 g/mol. The summed E-state index contributed by atoms with van der Waals surface area (Å²) < 4.78 is 31.3. The molecule has 9 nitrogen and oxygen atoms in total. The van der Waals surface area contributed by atoms with Gasteiger partial charge in [0.2, 0.25) is 10.0 Å². The van der Waals surface area contributed by atoms with Crippen molar-refractivity contribution in [2.75, 3.05) is 19.7 Å². The van der Waals surface area contributed by atoms with Gasteiger partial charge in [0.25, 0.3) is 5.91 Å². The van der Waals surface area contributed by atoms with Gasteiger partial charge < -0.3 is 10.1 Å². The number of rotatable bonds is 9. The molecule has 3 amide bonds. The van der Waals surface area contributed by atoms with Gasteiger partial charge in [0.1, 0.15) is 6.54 Å². The summed E-state index contributed by atoms with van der Waals surface area (Å²) in [6.07, 6.45) is 1.66. The van der Waals surface area contributed by atoms with Gasteiger partial charge in [-0.15, -0.1) is 0 Å². The second-order valence-electron chi connectivity index (χ2n) is 5.10. The van der Waals surface area contributed by atoms with E-state index in [1.807, 2.05) is 12.2 Å². The molecule has 0 bridgehead atoms. The van der Waals surface area contributed by atoms with Crippen LogP contribution in [0.5, 0.6) is 0 Å². The lowest BCUT2D eigenvalue weighted by Gasteiger charge is -2.08. The first-order valence-electron chi connectivity index (χ1n) is 7.73.